The van der Waals surface area contributed by atoms with Crippen LogP contribution in [0.1, 0.15) is 55.5 Å². The van der Waals surface area contributed by atoms with Gasteiger partial charge in [-0.1, -0.05) is 38.6 Å². The highest BCUT2D eigenvalue weighted by Crippen LogP contribution is 2.47. The maximum atomic E-state index is 14.4. The molecule has 1 saturated heterocycles. The predicted molar refractivity (Wildman–Crippen MR) is 174 cm³/mol. The van der Waals surface area contributed by atoms with Gasteiger partial charge in [0.25, 0.3) is 0 Å². The summed E-state index contributed by atoms with van der Waals surface area (Å²) in [4.78, 5) is 40.5. The van der Waals surface area contributed by atoms with Gasteiger partial charge in [0.05, 0.1) is 16.9 Å². The minimum atomic E-state index is -0.276. The van der Waals surface area contributed by atoms with Gasteiger partial charge in [-0.3, -0.25) is 14.3 Å². The van der Waals surface area contributed by atoms with Crippen LogP contribution in [0.4, 0.5) is 5.82 Å². The molecule has 1 aliphatic carbocycles. The van der Waals surface area contributed by atoms with Crippen LogP contribution in [0, 0.1) is 6.92 Å². The van der Waals surface area contributed by atoms with Crippen molar-refractivity contribution in [1.82, 2.24) is 19.4 Å². The van der Waals surface area contributed by atoms with Crippen molar-refractivity contribution in [3.05, 3.63) is 82.1 Å². The SMILES string of the molecule is C=CC(=O)N1CCN(c2nc(=O)n(-c3c(C)ccnc3C(C)C)c3c4c5c(cc23)[pH]c2cccc(c25)CCC4)[C@@H](C)C1. The van der Waals surface area contributed by atoms with Gasteiger partial charge in [-0.2, -0.15) is 4.98 Å². The highest BCUT2D eigenvalue weighted by atomic mass is 31.0. The van der Waals surface area contributed by atoms with Crippen molar-refractivity contribution in [1.29, 1.82) is 0 Å². The molecule has 7 rings (SSSR count). The van der Waals surface area contributed by atoms with Crippen molar-refractivity contribution in [3.63, 3.8) is 0 Å². The first-order chi connectivity index (χ1) is 20.3. The van der Waals surface area contributed by atoms with Crippen molar-refractivity contribution in [2.24, 2.45) is 0 Å². The van der Waals surface area contributed by atoms with Crippen molar-refractivity contribution in [3.8, 4) is 5.69 Å². The first-order valence-corrected chi connectivity index (χ1v) is 15.9. The molecule has 7 nitrogen and oxygen atoms in total. The van der Waals surface area contributed by atoms with Gasteiger partial charge in [0.1, 0.15) is 5.82 Å². The Morgan fingerprint density at radius 2 is 1.98 bits per heavy atom. The number of rotatable bonds is 4. The van der Waals surface area contributed by atoms with Crippen molar-refractivity contribution in [2.75, 3.05) is 24.5 Å². The first kappa shape index (κ1) is 26.9. The van der Waals surface area contributed by atoms with E-state index in [0.29, 0.717) is 27.8 Å². The van der Waals surface area contributed by atoms with Crippen molar-refractivity contribution < 1.29 is 4.79 Å². The summed E-state index contributed by atoms with van der Waals surface area (Å²) < 4.78 is 1.88. The van der Waals surface area contributed by atoms with Gasteiger partial charge in [0, 0.05) is 42.4 Å². The second-order valence-electron chi connectivity index (χ2n) is 12.1. The van der Waals surface area contributed by atoms with Crippen LogP contribution >= 0.6 is 8.19 Å². The lowest BCUT2D eigenvalue weighted by molar-refractivity contribution is -0.126. The monoisotopic (exact) mass is 577 g/mol. The van der Waals surface area contributed by atoms with E-state index in [1.54, 1.807) is 0 Å². The fourth-order valence-electron chi connectivity index (χ4n) is 7.20. The number of pyridine rings is 1. The molecule has 0 N–H and O–H groups in total. The van der Waals surface area contributed by atoms with Crippen LogP contribution in [-0.4, -0.2) is 51.0 Å². The van der Waals surface area contributed by atoms with Gasteiger partial charge in [-0.05, 0) is 89.8 Å². The van der Waals surface area contributed by atoms with Crippen LogP contribution < -0.4 is 10.6 Å². The lowest BCUT2D eigenvalue weighted by atomic mass is 9.98. The fourth-order valence-corrected chi connectivity index (χ4v) is 8.70. The molecule has 214 valence electrons. The Labute approximate surface area is 247 Å². The molecule has 3 aromatic heterocycles. The molecule has 5 aromatic rings. The number of aromatic nitrogens is 3. The van der Waals surface area contributed by atoms with E-state index < -0.39 is 0 Å². The third-order valence-corrected chi connectivity index (χ3v) is 10.5. The van der Waals surface area contributed by atoms with Gasteiger partial charge in [-0.15, -0.1) is 8.19 Å². The van der Waals surface area contributed by atoms with E-state index in [2.05, 4.69) is 63.4 Å². The van der Waals surface area contributed by atoms with E-state index in [1.165, 1.54) is 38.2 Å². The molecule has 1 amide bonds. The number of carbonyl (C=O) groups excluding carboxylic acids is 1. The topological polar surface area (TPSA) is 71.3 Å². The average molecular weight is 578 g/mol. The third kappa shape index (κ3) is 4.01. The highest BCUT2D eigenvalue weighted by molar-refractivity contribution is 7.44. The number of carbonyl (C=O) groups is 1. The predicted octanol–water partition coefficient (Wildman–Crippen LogP) is 6.26. The largest absolute Gasteiger partial charge is 0.354 e. The number of amides is 1. The number of aryl methyl sites for hydroxylation is 3. The van der Waals surface area contributed by atoms with Gasteiger partial charge < -0.3 is 9.80 Å². The van der Waals surface area contributed by atoms with Gasteiger partial charge in [-0.25, -0.2) is 4.79 Å². The highest BCUT2D eigenvalue weighted by Gasteiger charge is 2.31. The molecular weight excluding hydrogens is 541 g/mol. The molecule has 0 saturated carbocycles. The summed E-state index contributed by atoms with van der Waals surface area (Å²) in [5.74, 6) is 0.803. The molecule has 42 heavy (non-hydrogen) atoms. The zero-order chi connectivity index (χ0) is 29.3. The van der Waals surface area contributed by atoms with E-state index in [0.717, 1.165) is 52.9 Å². The van der Waals surface area contributed by atoms with Crippen LogP contribution in [0.15, 0.2) is 54.0 Å². The Kier molecular flexibility index (Phi) is 6.47. The van der Waals surface area contributed by atoms with Crippen LogP contribution in [0.2, 0.25) is 0 Å². The maximum absolute atomic E-state index is 14.4. The average Bonchev–Trinajstić information content (AvgIpc) is 3.23. The zero-order valence-corrected chi connectivity index (χ0v) is 25.7. The lowest BCUT2D eigenvalue weighted by Gasteiger charge is -2.40. The summed E-state index contributed by atoms with van der Waals surface area (Å²) in [7, 11) is 0.577. The summed E-state index contributed by atoms with van der Waals surface area (Å²) >= 11 is 0. The van der Waals surface area contributed by atoms with E-state index in [1.807, 2.05) is 21.7 Å². The molecule has 2 aromatic carbocycles. The van der Waals surface area contributed by atoms with Crippen molar-refractivity contribution in [2.45, 2.75) is 58.9 Å². The fraction of sp³-hybridized carbons (Fsp3) is 0.353. The van der Waals surface area contributed by atoms with Crippen LogP contribution in [-0.2, 0) is 17.6 Å². The van der Waals surface area contributed by atoms with Crippen LogP contribution in [0.25, 0.3) is 37.6 Å². The molecular formula is C34H36N5O2P. The Morgan fingerprint density at radius 1 is 1.14 bits per heavy atom. The smallest absolute Gasteiger partial charge is 0.350 e. The second-order valence-corrected chi connectivity index (χ2v) is 13.4. The molecule has 0 bridgehead atoms. The Balaban J connectivity index is 1.60. The summed E-state index contributed by atoms with van der Waals surface area (Å²) in [6, 6.07) is 11.0. The molecule has 1 aliphatic heterocycles. The summed E-state index contributed by atoms with van der Waals surface area (Å²) in [6.07, 6.45) is 6.17. The number of benzene rings is 2. The van der Waals surface area contributed by atoms with E-state index in [-0.39, 0.29) is 23.6 Å². The quantitative estimate of drug-likeness (QED) is 0.236. The molecule has 1 unspecified atom stereocenters. The Bertz CT molecular complexity index is 1990. The number of fused-ring (bicyclic) bond motifs is 2. The van der Waals surface area contributed by atoms with E-state index >= 15 is 0 Å². The summed E-state index contributed by atoms with van der Waals surface area (Å²) in [5.41, 5.74) is 6.13. The summed E-state index contributed by atoms with van der Waals surface area (Å²) in [6.45, 7) is 13.8. The first-order valence-electron chi connectivity index (χ1n) is 14.9. The zero-order valence-electron chi connectivity index (χ0n) is 24.7. The van der Waals surface area contributed by atoms with E-state index in [9.17, 15) is 9.59 Å². The number of hydrogen-bond donors (Lipinski definition) is 0. The molecule has 0 spiro atoms. The number of hydrogen-bond acceptors (Lipinski definition) is 5. The molecule has 2 atom stereocenters. The Hall–Kier alpha value is -3.96. The summed E-state index contributed by atoms with van der Waals surface area (Å²) in [5, 5.41) is 6.47. The minimum Gasteiger partial charge on any atom is -0.350 e. The van der Waals surface area contributed by atoms with Crippen LogP contribution in [0.5, 0.6) is 0 Å². The number of anilines is 1. The second kappa shape index (κ2) is 10.1. The maximum Gasteiger partial charge on any atom is 0.354 e. The number of piperazine rings is 1. The van der Waals surface area contributed by atoms with Gasteiger partial charge in [0.15, 0.2) is 0 Å². The lowest BCUT2D eigenvalue weighted by Crippen LogP contribution is -2.54. The Morgan fingerprint density at radius 3 is 2.74 bits per heavy atom. The standard InChI is InChI=1S/C34H36N5O2P/c1-6-27(40)37-15-16-38(21(5)18-37)33-24-17-26-29-23(11-7-9-22-10-8-12-25(42-26)28(22)29)32(24)39(34(41)36-33)31-20(4)13-14-35-30(31)19(2)3/h6,8,10,12-14,17,19,21,42H,1,7,9,11,15-16,18H2,2-5H3/t21-/m0/s1. The van der Waals surface area contributed by atoms with E-state index in [4.69, 9.17) is 9.97 Å². The molecule has 1 fully saturated rings. The normalized spacial score (nSPS) is 17.3. The van der Waals surface area contributed by atoms with Crippen LogP contribution in [0.3, 0.4) is 0 Å². The third-order valence-electron chi connectivity index (χ3n) is 9.11. The molecule has 2 aliphatic rings. The number of nitrogens with zero attached hydrogens (tertiary/aromatic N) is 5. The van der Waals surface area contributed by atoms with Gasteiger partial charge in [0.2, 0.25) is 5.91 Å². The van der Waals surface area contributed by atoms with Crippen molar-refractivity contribution >= 4 is 51.8 Å². The molecule has 0 radical (unpaired) electrons. The molecule has 8 heteroatoms. The minimum absolute atomic E-state index is 0.00131. The molecule has 4 heterocycles. The van der Waals surface area contributed by atoms with Gasteiger partial charge >= 0.3 is 5.69 Å².